The minimum Gasteiger partial charge on any atom is -0.357 e. The van der Waals surface area contributed by atoms with Gasteiger partial charge in [0.15, 0.2) is 0 Å². The van der Waals surface area contributed by atoms with Gasteiger partial charge in [-0.3, -0.25) is 4.57 Å². The van der Waals surface area contributed by atoms with Crippen molar-refractivity contribution in [1.29, 1.82) is 0 Å². The predicted octanol–water partition coefficient (Wildman–Crippen LogP) is 1.61. The summed E-state index contributed by atoms with van der Waals surface area (Å²) >= 11 is 0. The fourth-order valence-corrected chi connectivity index (χ4v) is 1.84. The first-order valence-electron chi connectivity index (χ1n) is 6.21. The summed E-state index contributed by atoms with van der Waals surface area (Å²) in [6.07, 6.45) is 0.252. The molecule has 2 heterocycles. The lowest BCUT2D eigenvalue weighted by molar-refractivity contribution is -0.151. The molecule has 112 valence electrons. The Hall–Kier alpha value is -2.39. The second-order valence-electron chi connectivity index (χ2n) is 4.71. The van der Waals surface area contributed by atoms with E-state index in [1.165, 1.54) is 17.1 Å². The highest BCUT2D eigenvalue weighted by molar-refractivity contribution is 5.42. The zero-order valence-corrected chi connectivity index (χ0v) is 11.0. The van der Waals surface area contributed by atoms with Gasteiger partial charge in [-0.25, -0.2) is 4.98 Å². The molecule has 2 aromatic heterocycles. The third-order valence-corrected chi connectivity index (χ3v) is 3.23. The van der Waals surface area contributed by atoms with Gasteiger partial charge in [0.25, 0.3) is 0 Å². The van der Waals surface area contributed by atoms with Gasteiger partial charge < -0.3 is 10.6 Å². The molecule has 0 aromatic carbocycles. The van der Waals surface area contributed by atoms with E-state index in [0.717, 1.165) is 0 Å². The number of anilines is 2. The molecule has 1 saturated carbocycles. The lowest BCUT2D eigenvalue weighted by atomic mass is 10.3. The molecule has 1 fully saturated rings. The molecule has 1 aliphatic rings. The Labute approximate surface area is 117 Å². The second-order valence-corrected chi connectivity index (χ2v) is 4.71. The summed E-state index contributed by atoms with van der Waals surface area (Å²) in [7, 11) is 1.58. The smallest absolute Gasteiger partial charge is 0.357 e. The van der Waals surface area contributed by atoms with E-state index < -0.39 is 11.7 Å². The van der Waals surface area contributed by atoms with Crippen molar-refractivity contribution in [3.8, 4) is 5.95 Å². The summed E-state index contributed by atoms with van der Waals surface area (Å²) in [5.74, 6) is 0.245. The van der Waals surface area contributed by atoms with Crippen molar-refractivity contribution >= 4 is 11.9 Å². The van der Waals surface area contributed by atoms with E-state index in [1.807, 2.05) is 0 Å². The highest BCUT2D eigenvalue weighted by Crippen LogP contribution is 2.50. The van der Waals surface area contributed by atoms with E-state index in [2.05, 4.69) is 30.6 Å². The van der Waals surface area contributed by atoms with E-state index in [4.69, 9.17) is 0 Å². The van der Waals surface area contributed by atoms with Crippen LogP contribution in [-0.2, 0) is 0 Å². The first-order valence-corrected chi connectivity index (χ1v) is 6.21. The van der Waals surface area contributed by atoms with Crippen LogP contribution in [0.3, 0.4) is 0 Å². The Bertz CT molecular complexity index is 634. The zero-order chi connectivity index (χ0) is 15.1. The first-order chi connectivity index (χ1) is 9.93. The quantitative estimate of drug-likeness (QED) is 0.892. The highest BCUT2D eigenvalue weighted by Gasteiger charge is 2.64. The lowest BCUT2D eigenvalue weighted by Crippen LogP contribution is -2.39. The molecule has 0 unspecified atom stereocenters. The molecular weight excluding hydrogens is 287 g/mol. The average molecular weight is 299 g/mol. The average Bonchev–Trinajstić information content (AvgIpc) is 3.03. The molecule has 1 aliphatic carbocycles. The molecule has 7 nitrogen and oxygen atoms in total. The molecule has 3 rings (SSSR count). The monoisotopic (exact) mass is 299 g/mol. The maximum absolute atomic E-state index is 13.0. The molecule has 0 saturated heterocycles. The summed E-state index contributed by atoms with van der Waals surface area (Å²) < 4.78 is 40.4. The van der Waals surface area contributed by atoms with Crippen molar-refractivity contribution < 1.29 is 13.2 Å². The standard InChI is InChI=1S/C11H12F3N7/c1-15-7-17-8(20-10(2-3-10)11(12,13)14)19-9(18-7)21-5-4-16-6-21/h4-6H,2-3H2,1H3,(H2,15,17,18,19,20). The Morgan fingerprint density at radius 2 is 1.90 bits per heavy atom. The number of halogens is 3. The van der Waals surface area contributed by atoms with Gasteiger partial charge in [0, 0.05) is 19.4 Å². The van der Waals surface area contributed by atoms with Crippen LogP contribution in [0.15, 0.2) is 18.7 Å². The SMILES string of the molecule is CNc1nc(NC2(C(F)(F)F)CC2)nc(-n2ccnc2)n1. The van der Waals surface area contributed by atoms with Crippen molar-refractivity contribution in [3.63, 3.8) is 0 Å². The van der Waals surface area contributed by atoms with Crippen LogP contribution in [0.2, 0.25) is 0 Å². The number of imidazole rings is 1. The second kappa shape index (κ2) is 4.57. The van der Waals surface area contributed by atoms with Crippen molar-refractivity contribution in [2.75, 3.05) is 17.7 Å². The van der Waals surface area contributed by atoms with Crippen molar-refractivity contribution in [1.82, 2.24) is 24.5 Å². The topological polar surface area (TPSA) is 80.5 Å². The van der Waals surface area contributed by atoms with Gasteiger partial charge in [-0.05, 0) is 12.8 Å². The Kier molecular flexibility index (Phi) is 2.96. The van der Waals surface area contributed by atoms with Crippen molar-refractivity contribution in [2.45, 2.75) is 24.6 Å². The van der Waals surface area contributed by atoms with Crippen LogP contribution >= 0.6 is 0 Å². The Morgan fingerprint density at radius 1 is 1.19 bits per heavy atom. The molecule has 0 amide bonds. The predicted molar refractivity (Wildman–Crippen MR) is 68.1 cm³/mol. The maximum atomic E-state index is 13.0. The summed E-state index contributed by atoms with van der Waals surface area (Å²) in [6.45, 7) is 0. The maximum Gasteiger partial charge on any atom is 0.411 e. The van der Waals surface area contributed by atoms with Gasteiger partial charge in [-0.15, -0.1) is 0 Å². The first kappa shape index (κ1) is 13.6. The molecule has 2 N–H and O–H groups in total. The molecule has 0 radical (unpaired) electrons. The molecule has 0 atom stereocenters. The normalized spacial score (nSPS) is 16.6. The Morgan fingerprint density at radius 3 is 2.43 bits per heavy atom. The Balaban J connectivity index is 1.94. The zero-order valence-electron chi connectivity index (χ0n) is 11.0. The highest BCUT2D eigenvalue weighted by atomic mass is 19.4. The third-order valence-electron chi connectivity index (χ3n) is 3.23. The molecule has 0 aliphatic heterocycles. The molecule has 21 heavy (non-hydrogen) atoms. The van der Waals surface area contributed by atoms with Crippen LogP contribution < -0.4 is 10.6 Å². The minimum atomic E-state index is -4.34. The van der Waals surface area contributed by atoms with Crippen LogP contribution in [0.5, 0.6) is 0 Å². The summed E-state index contributed by atoms with van der Waals surface area (Å²) in [5.41, 5.74) is -1.93. The van der Waals surface area contributed by atoms with Crippen molar-refractivity contribution in [2.24, 2.45) is 0 Å². The van der Waals surface area contributed by atoms with E-state index >= 15 is 0 Å². The molecular formula is C11H12F3N7. The number of alkyl halides is 3. The van der Waals surface area contributed by atoms with Crippen LogP contribution in [-0.4, -0.2) is 43.3 Å². The van der Waals surface area contributed by atoms with E-state index in [9.17, 15) is 13.2 Å². The lowest BCUT2D eigenvalue weighted by Gasteiger charge is -2.21. The molecule has 2 aromatic rings. The molecule has 0 bridgehead atoms. The van der Waals surface area contributed by atoms with Crippen LogP contribution in [0.25, 0.3) is 5.95 Å². The van der Waals surface area contributed by atoms with E-state index in [-0.39, 0.29) is 30.7 Å². The van der Waals surface area contributed by atoms with Crippen LogP contribution in [0, 0.1) is 0 Å². The van der Waals surface area contributed by atoms with Gasteiger partial charge in [0.2, 0.25) is 17.8 Å². The fourth-order valence-electron chi connectivity index (χ4n) is 1.84. The molecule has 0 spiro atoms. The third kappa shape index (κ3) is 2.48. The number of nitrogens with one attached hydrogen (secondary N) is 2. The van der Waals surface area contributed by atoms with Gasteiger partial charge in [-0.2, -0.15) is 28.1 Å². The van der Waals surface area contributed by atoms with Gasteiger partial charge in [0.1, 0.15) is 11.9 Å². The van der Waals surface area contributed by atoms with Gasteiger partial charge in [0.05, 0.1) is 0 Å². The number of hydrogen-bond acceptors (Lipinski definition) is 6. The van der Waals surface area contributed by atoms with E-state index in [1.54, 1.807) is 13.2 Å². The summed E-state index contributed by atoms with van der Waals surface area (Å²) in [5, 5.41) is 5.08. The fraction of sp³-hybridized carbons (Fsp3) is 0.455. The van der Waals surface area contributed by atoms with Crippen molar-refractivity contribution in [3.05, 3.63) is 18.7 Å². The minimum absolute atomic E-state index is 0.0114. The van der Waals surface area contributed by atoms with E-state index in [0.29, 0.717) is 0 Å². The number of nitrogens with zero attached hydrogens (tertiary/aromatic N) is 5. The number of aromatic nitrogens is 5. The number of rotatable bonds is 4. The number of hydrogen-bond donors (Lipinski definition) is 2. The largest absolute Gasteiger partial charge is 0.411 e. The van der Waals surface area contributed by atoms with Gasteiger partial charge >= 0.3 is 6.18 Å². The van der Waals surface area contributed by atoms with Crippen LogP contribution in [0.4, 0.5) is 25.1 Å². The molecule has 10 heteroatoms. The summed E-state index contributed by atoms with van der Waals surface area (Å²) in [6, 6.07) is 0. The summed E-state index contributed by atoms with van der Waals surface area (Å²) in [4.78, 5) is 15.9. The van der Waals surface area contributed by atoms with Crippen LogP contribution in [0.1, 0.15) is 12.8 Å². The van der Waals surface area contributed by atoms with Gasteiger partial charge in [-0.1, -0.05) is 0 Å².